The monoisotopic (exact) mass is 764 g/mol. The van der Waals surface area contributed by atoms with Gasteiger partial charge >= 0.3 is 0 Å². The third kappa shape index (κ3) is 6.32. The van der Waals surface area contributed by atoms with E-state index in [9.17, 15) is 0 Å². The Labute approximate surface area is 350 Å². The van der Waals surface area contributed by atoms with Crippen LogP contribution >= 0.6 is 0 Å². The Kier molecular flexibility index (Phi) is 8.87. The largest absolute Gasteiger partial charge is 0.310 e. The van der Waals surface area contributed by atoms with Crippen LogP contribution in [0.5, 0.6) is 0 Å². The Morgan fingerprint density at radius 1 is 0.283 bits per heavy atom. The number of fused-ring (bicyclic) bond motifs is 4. The Balaban J connectivity index is 0.995. The van der Waals surface area contributed by atoms with Crippen molar-refractivity contribution < 1.29 is 0 Å². The second kappa shape index (κ2) is 15.1. The molecule has 0 fully saturated rings. The number of nitrogens with zero attached hydrogens (tertiary/aromatic N) is 2. The summed E-state index contributed by atoms with van der Waals surface area (Å²) in [4.78, 5) is 2.39. The Morgan fingerprint density at radius 2 is 0.767 bits per heavy atom. The van der Waals surface area contributed by atoms with Crippen LogP contribution in [0.3, 0.4) is 0 Å². The maximum atomic E-state index is 2.41. The topological polar surface area (TPSA) is 8.17 Å². The van der Waals surface area contributed by atoms with E-state index < -0.39 is 0 Å². The molecule has 0 radical (unpaired) electrons. The summed E-state index contributed by atoms with van der Waals surface area (Å²) in [5, 5.41) is 4.99. The molecule has 0 aliphatic heterocycles. The molecule has 1 heterocycles. The van der Waals surface area contributed by atoms with Gasteiger partial charge in [-0.05, 0) is 105 Å². The highest BCUT2D eigenvalue weighted by Crippen LogP contribution is 2.43. The van der Waals surface area contributed by atoms with Gasteiger partial charge < -0.3 is 9.47 Å². The molecule has 11 aromatic rings. The minimum Gasteiger partial charge on any atom is -0.310 e. The number of hydrogen-bond donors (Lipinski definition) is 0. The van der Waals surface area contributed by atoms with E-state index in [2.05, 4.69) is 252 Å². The Hall–Kier alpha value is -7.94. The minimum atomic E-state index is 1.09. The van der Waals surface area contributed by atoms with Crippen molar-refractivity contribution in [1.29, 1.82) is 0 Å². The third-order valence-corrected chi connectivity index (χ3v) is 11.8. The first-order chi connectivity index (χ1) is 29.8. The number of hydrogen-bond acceptors (Lipinski definition) is 1. The summed E-state index contributed by atoms with van der Waals surface area (Å²) in [6, 6.07) is 87.8. The molecule has 2 nitrogen and oxygen atoms in total. The van der Waals surface area contributed by atoms with E-state index in [1.165, 1.54) is 77.2 Å². The lowest BCUT2D eigenvalue weighted by molar-refractivity contribution is 1.18. The summed E-state index contributed by atoms with van der Waals surface area (Å²) in [5.41, 5.74) is 16.4. The molecular formula is C58H40N2. The van der Waals surface area contributed by atoms with Crippen LogP contribution in [0.2, 0.25) is 0 Å². The first-order valence-corrected chi connectivity index (χ1v) is 20.6. The van der Waals surface area contributed by atoms with Crippen LogP contribution in [0.25, 0.3) is 82.8 Å². The van der Waals surface area contributed by atoms with E-state index in [4.69, 9.17) is 0 Å². The third-order valence-electron chi connectivity index (χ3n) is 11.8. The van der Waals surface area contributed by atoms with Gasteiger partial charge in [0.25, 0.3) is 0 Å². The average molecular weight is 765 g/mol. The van der Waals surface area contributed by atoms with Gasteiger partial charge in [-0.25, -0.2) is 0 Å². The number of para-hydroxylation sites is 4. The molecule has 0 unspecified atom stereocenters. The Morgan fingerprint density at radius 3 is 1.48 bits per heavy atom. The summed E-state index contributed by atoms with van der Waals surface area (Å²) in [7, 11) is 0. The quantitative estimate of drug-likeness (QED) is 0.150. The summed E-state index contributed by atoms with van der Waals surface area (Å²) in [5.74, 6) is 0. The van der Waals surface area contributed by atoms with Gasteiger partial charge in [-0.2, -0.15) is 0 Å². The summed E-state index contributed by atoms with van der Waals surface area (Å²) in [6.07, 6.45) is 0. The number of benzene rings is 10. The van der Waals surface area contributed by atoms with E-state index in [-0.39, 0.29) is 0 Å². The van der Waals surface area contributed by atoms with Crippen molar-refractivity contribution in [3.63, 3.8) is 0 Å². The molecule has 2 heteroatoms. The lowest BCUT2D eigenvalue weighted by Crippen LogP contribution is -2.11. The number of anilines is 3. The smallest absolute Gasteiger partial charge is 0.0541 e. The molecule has 10 aromatic carbocycles. The average Bonchev–Trinajstić information content (AvgIpc) is 3.67. The van der Waals surface area contributed by atoms with Gasteiger partial charge in [0.1, 0.15) is 0 Å². The molecule has 0 amide bonds. The van der Waals surface area contributed by atoms with Gasteiger partial charge in [-0.15, -0.1) is 0 Å². The molecule has 0 aliphatic rings. The van der Waals surface area contributed by atoms with Crippen molar-refractivity contribution in [3.8, 4) is 50.2 Å². The van der Waals surface area contributed by atoms with Gasteiger partial charge in [0.15, 0.2) is 0 Å². The van der Waals surface area contributed by atoms with E-state index in [1.54, 1.807) is 0 Å². The standard InChI is InChI=1S/C58H40N2/c1-2-15-41(16-3-1)43-31-35-49(36-32-43)59(55-25-10-6-22-52(55)48-30-29-42-17-4-5-18-45(42)40-48)50-37-33-44(34-38-50)46-19-14-20-47(39-46)51-21-7-11-26-56(51)60-57-27-12-8-23-53(57)54-24-9-13-28-58(54)60/h1-40H. The van der Waals surface area contributed by atoms with E-state index in [1.807, 2.05) is 0 Å². The molecule has 282 valence electrons. The van der Waals surface area contributed by atoms with Crippen molar-refractivity contribution in [2.75, 3.05) is 4.90 Å². The predicted molar refractivity (Wildman–Crippen MR) is 255 cm³/mol. The fourth-order valence-corrected chi connectivity index (χ4v) is 8.89. The number of aromatic nitrogens is 1. The zero-order valence-electron chi connectivity index (χ0n) is 33.0. The summed E-state index contributed by atoms with van der Waals surface area (Å²) in [6.45, 7) is 0. The van der Waals surface area contributed by atoms with Crippen LogP contribution in [0.1, 0.15) is 0 Å². The SMILES string of the molecule is c1ccc(-c2ccc(N(c3ccc(-c4cccc(-c5ccccc5-n5c6ccccc6c6ccccc65)c4)cc3)c3ccccc3-c3ccc4ccccc4c3)cc2)cc1. The van der Waals surface area contributed by atoms with Crippen molar-refractivity contribution in [3.05, 3.63) is 243 Å². The molecule has 1 aromatic heterocycles. The molecule has 0 N–H and O–H groups in total. The lowest BCUT2D eigenvalue weighted by Gasteiger charge is -2.28. The van der Waals surface area contributed by atoms with Crippen molar-refractivity contribution in [1.82, 2.24) is 4.57 Å². The second-order valence-corrected chi connectivity index (χ2v) is 15.3. The van der Waals surface area contributed by atoms with Crippen molar-refractivity contribution in [2.24, 2.45) is 0 Å². The normalized spacial score (nSPS) is 11.3. The first kappa shape index (κ1) is 35.2. The van der Waals surface area contributed by atoms with Crippen LogP contribution in [-0.2, 0) is 0 Å². The van der Waals surface area contributed by atoms with E-state index in [0.717, 1.165) is 22.6 Å². The highest BCUT2D eigenvalue weighted by atomic mass is 15.1. The van der Waals surface area contributed by atoms with Crippen LogP contribution in [0.4, 0.5) is 17.1 Å². The first-order valence-electron chi connectivity index (χ1n) is 20.6. The van der Waals surface area contributed by atoms with Crippen LogP contribution < -0.4 is 4.90 Å². The van der Waals surface area contributed by atoms with Crippen molar-refractivity contribution >= 4 is 49.6 Å². The summed E-state index contributed by atoms with van der Waals surface area (Å²) < 4.78 is 2.41. The number of rotatable bonds is 8. The molecule has 0 saturated heterocycles. The summed E-state index contributed by atoms with van der Waals surface area (Å²) >= 11 is 0. The van der Waals surface area contributed by atoms with Crippen LogP contribution in [-0.4, -0.2) is 4.57 Å². The fraction of sp³-hybridized carbons (Fsp3) is 0. The molecule has 0 saturated carbocycles. The molecular weight excluding hydrogens is 725 g/mol. The van der Waals surface area contributed by atoms with Gasteiger partial charge in [0.05, 0.1) is 22.4 Å². The minimum absolute atomic E-state index is 1.09. The van der Waals surface area contributed by atoms with Gasteiger partial charge in [-0.1, -0.05) is 182 Å². The maximum absolute atomic E-state index is 2.41. The fourth-order valence-electron chi connectivity index (χ4n) is 8.89. The molecule has 0 aliphatic carbocycles. The zero-order valence-corrected chi connectivity index (χ0v) is 33.0. The maximum Gasteiger partial charge on any atom is 0.0541 e. The molecule has 0 bridgehead atoms. The highest BCUT2D eigenvalue weighted by Gasteiger charge is 2.19. The van der Waals surface area contributed by atoms with Gasteiger partial charge in [0, 0.05) is 33.3 Å². The van der Waals surface area contributed by atoms with E-state index in [0.29, 0.717) is 0 Å². The highest BCUT2D eigenvalue weighted by molar-refractivity contribution is 6.09. The molecule has 60 heavy (non-hydrogen) atoms. The zero-order chi connectivity index (χ0) is 39.8. The lowest BCUT2D eigenvalue weighted by atomic mass is 9.97. The molecule has 11 rings (SSSR count). The van der Waals surface area contributed by atoms with E-state index >= 15 is 0 Å². The molecule has 0 atom stereocenters. The van der Waals surface area contributed by atoms with Crippen LogP contribution in [0, 0.1) is 0 Å². The van der Waals surface area contributed by atoms with Gasteiger partial charge in [-0.3, -0.25) is 0 Å². The predicted octanol–water partition coefficient (Wildman–Crippen LogP) is 16.1. The van der Waals surface area contributed by atoms with Crippen molar-refractivity contribution in [2.45, 2.75) is 0 Å². The van der Waals surface area contributed by atoms with Gasteiger partial charge in [0.2, 0.25) is 0 Å². The molecule has 0 spiro atoms. The Bertz CT molecular complexity index is 3250. The van der Waals surface area contributed by atoms with Crippen LogP contribution in [0.15, 0.2) is 243 Å². The second-order valence-electron chi connectivity index (χ2n) is 15.3.